The first kappa shape index (κ1) is 15.8. The van der Waals surface area contributed by atoms with E-state index >= 15 is 0 Å². The van der Waals surface area contributed by atoms with Crippen LogP contribution >= 0.6 is 0 Å². The molecular formula is C13H17F3N2O3. The van der Waals surface area contributed by atoms with Gasteiger partial charge in [0.1, 0.15) is 0 Å². The van der Waals surface area contributed by atoms with Crippen LogP contribution in [0.15, 0.2) is 12.4 Å². The predicted molar refractivity (Wildman–Crippen MR) is 66.3 cm³/mol. The van der Waals surface area contributed by atoms with Crippen molar-refractivity contribution < 1.29 is 27.4 Å². The summed E-state index contributed by atoms with van der Waals surface area (Å²) in [4.78, 5) is 15.3. The van der Waals surface area contributed by atoms with Crippen LogP contribution in [0.25, 0.3) is 0 Å². The normalized spacial score (nSPS) is 20.5. The minimum Gasteiger partial charge on any atom is -0.444 e. The van der Waals surface area contributed by atoms with Gasteiger partial charge in [0.2, 0.25) is 0 Å². The summed E-state index contributed by atoms with van der Waals surface area (Å²) in [5, 5.41) is 0. The van der Waals surface area contributed by atoms with Crippen molar-refractivity contribution in [1.29, 1.82) is 0 Å². The molecule has 1 aromatic rings. The lowest BCUT2D eigenvalue weighted by Crippen LogP contribution is -2.28. The molecule has 1 fully saturated rings. The van der Waals surface area contributed by atoms with Gasteiger partial charge in [-0.1, -0.05) is 0 Å². The van der Waals surface area contributed by atoms with Crippen molar-refractivity contribution in [2.45, 2.75) is 44.1 Å². The fraction of sp³-hybridized carbons (Fsp3) is 0.692. The van der Waals surface area contributed by atoms with Crippen LogP contribution in [0.4, 0.5) is 13.2 Å². The summed E-state index contributed by atoms with van der Waals surface area (Å²) in [6, 6.07) is 0. The second-order valence-electron chi connectivity index (χ2n) is 4.98. The Morgan fingerprint density at radius 2 is 2.38 bits per heavy atom. The molecule has 0 aliphatic carbocycles. The average Bonchev–Trinajstić information content (AvgIpc) is 3.03. The Morgan fingerprint density at radius 3 is 2.90 bits per heavy atom. The molecule has 0 radical (unpaired) electrons. The molecular weight excluding hydrogens is 289 g/mol. The number of hydrogen-bond acceptors (Lipinski definition) is 4. The number of ether oxygens (including phenoxy) is 2. The van der Waals surface area contributed by atoms with Crippen molar-refractivity contribution in [1.82, 2.24) is 9.55 Å². The summed E-state index contributed by atoms with van der Waals surface area (Å²) in [6.07, 6.45) is -2.47. The van der Waals surface area contributed by atoms with Gasteiger partial charge < -0.3 is 14.0 Å². The van der Waals surface area contributed by atoms with E-state index in [4.69, 9.17) is 4.74 Å². The average molecular weight is 306 g/mol. The first-order valence-corrected chi connectivity index (χ1v) is 6.73. The van der Waals surface area contributed by atoms with E-state index in [1.54, 1.807) is 0 Å². The monoisotopic (exact) mass is 306 g/mol. The van der Waals surface area contributed by atoms with Crippen molar-refractivity contribution in [2.75, 3.05) is 6.61 Å². The van der Waals surface area contributed by atoms with Crippen LogP contribution in [-0.2, 0) is 21.3 Å². The molecule has 2 heterocycles. The van der Waals surface area contributed by atoms with Gasteiger partial charge in [0, 0.05) is 32.5 Å². The quantitative estimate of drug-likeness (QED) is 0.784. The summed E-state index contributed by atoms with van der Waals surface area (Å²) in [7, 11) is 1.42. The number of imidazole rings is 1. The molecule has 1 aromatic heterocycles. The third kappa shape index (κ3) is 4.20. The summed E-state index contributed by atoms with van der Waals surface area (Å²) in [5.74, 6) is -1.23. The molecule has 0 aromatic carbocycles. The number of halogens is 3. The molecule has 0 unspecified atom stereocenters. The van der Waals surface area contributed by atoms with Gasteiger partial charge in [0.15, 0.2) is 5.82 Å². The van der Waals surface area contributed by atoms with Crippen LogP contribution in [-0.4, -0.2) is 34.4 Å². The zero-order valence-corrected chi connectivity index (χ0v) is 11.6. The Bertz CT molecular complexity index is 481. The standard InChI is InChI=1S/C13H17F3N2O3/c1-18-7-6-17-12(18)11(13(14,15)16)21-10(19)5-4-9-3-2-8-20-9/h6-7,9,11H,2-5,8H2,1H3/t9-,11-/m1/s1. The lowest BCUT2D eigenvalue weighted by molar-refractivity contribution is -0.226. The number of hydrogen-bond donors (Lipinski definition) is 0. The highest BCUT2D eigenvalue weighted by molar-refractivity contribution is 5.69. The fourth-order valence-electron chi connectivity index (χ4n) is 2.24. The molecule has 2 rings (SSSR count). The van der Waals surface area contributed by atoms with E-state index in [1.807, 2.05) is 0 Å². The van der Waals surface area contributed by atoms with Crippen LogP contribution in [0.5, 0.6) is 0 Å². The number of nitrogens with zero attached hydrogens (tertiary/aromatic N) is 2. The van der Waals surface area contributed by atoms with Crippen molar-refractivity contribution in [3.63, 3.8) is 0 Å². The molecule has 0 amide bonds. The second-order valence-corrected chi connectivity index (χ2v) is 4.98. The first-order chi connectivity index (χ1) is 9.88. The van der Waals surface area contributed by atoms with Crippen molar-refractivity contribution in [3.05, 3.63) is 18.2 Å². The van der Waals surface area contributed by atoms with Gasteiger partial charge in [-0.05, 0) is 19.3 Å². The van der Waals surface area contributed by atoms with Gasteiger partial charge >= 0.3 is 12.1 Å². The van der Waals surface area contributed by atoms with E-state index in [0.717, 1.165) is 12.8 Å². The van der Waals surface area contributed by atoms with Crippen LogP contribution in [0.1, 0.15) is 37.6 Å². The van der Waals surface area contributed by atoms with Crippen molar-refractivity contribution in [3.8, 4) is 0 Å². The van der Waals surface area contributed by atoms with Gasteiger partial charge in [0.25, 0.3) is 6.10 Å². The Hall–Kier alpha value is -1.57. The molecule has 118 valence electrons. The number of carbonyl (C=O) groups excluding carboxylic acids is 1. The number of aromatic nitrogens is 2. The maximum atomic E-state index is 13.0. The van der Waals surface area contributed by atoms with Gasteiger partial charge in [-0.25, -0.2) is 4.98 Å². The molecule has 1 aliphatic rings. The molecule has 0 bridgehead atoms. The third-order valence-corrected chi connectivity index (χ3v) is 3.33. The topological polar surface area (TPSA) is 53.4 Å². The molecule has 8 heteroatoms. The van der Waals surface area contributed by atoms with E-state index in [2.05, 4.69) is 9.72 Å². The van der Waals surface area contributed by atoms with Crippen molar-refractivity contribution in [2.24, 2.45) is 7.05 Å². The van der Waals surface area contributed by atoms with E-state index in [1.165, 1.54) is 24.0 Å². The Labute approximate surface area is 120 Å². The largest absolute Gasteiger partial charge is 0.444 e. The van der Waals surface area contributed by atoms with Gasteiger partial charge in [-0.3, -0.25) is 4.79 Å². The van der Waals surface area contributed by atoms with E-state index in [0.29, 0.717) is 13.0 Å². The number of alkyl halides is 3. The SMILES string of the molecule is Cn1ccnc1[C@@H](OC(=O)CC[C@H]1CCCO1)C(F)(F)F. The maximum Gasteiger partial charge on any atom is 0.432 e. The summed E-state index contributed by atoms with van der Waals surface area (Å²) >= 11 is 0. The lowest BCUT2D eigenvalue weighted by atomic mass is 10.1. The third-order valence-electron chi connectivity index (χ3n) is 3.33. The Balaban J connectivity index is 1.95. The molecule has 21 heavy (non-hydrogen) atoms. The summed E-state index contributed by atoms with van der Waals surface area (Å²) in [6.45, 7) is 0.637. The number of aryl methyl sites for hydroxylation is 1. The molecule has 0 spiro atoms. The number of rotatable bonds is 5. The summed E-state index contributed by atoms with van der Waals surface area (Å²) < 4.78 is 50.1. The van der Waals surface area contributed by atoms with Crippen molar-refractivity contribution >= 4 is 5.97 Å². The molecule has 1 saturated heterocycles. The number of esters is 1. The fourth-order valence-corrected chi connectivity index (χ4v) is 2.24. The minimum absolute atomic E-state index is 0.0601. The second kappa shape index (κ2) is 6.46. The van der Waals surface area contributed by atoms with E-state index in [-0.39, 0.29) is 18.3 Å². The zero-order valence-electron chi connectivity index (χ0n) is 11.6. The lowest BCUT2D eigenvalue weighted by Gasteiger charge is -2.20. The van der Waals surface area contributed by atoms with Gasteiger partial charge in [-0.15, -0.1) is 0 Å². The predicted octanol–water partition coefficient (Wildman–Crippen LogP) is 2.53. The van der Waals surface area contributed by atoms with Gasteiger partial charge in [0.05, 0.1) is 6.10 Å². The molecule has 0 saturated carbocycles. The molecule has 2 atom stereocenters. The smallest absolute Gasteiger partial charge is 0.432 e. The van der Waals surface area contributed by atoms with Crippen LogP contribution < -0.4 is 0 Å². The Kier molecular flexibility index (Phi) is 4.87. The van der Waals surface area contributed by atoms with Crippen LogP contribution in [0, 0.1) is 0 Å². The van der Waals surface area contributed by atoms with Gasteiger partial charge in [-0.2, -0.15) is 13.2 Å². The Morgan fingerprint density at radius 1 is 1.62 bits per heavy atom. The van der Waals surface area contributed by atoms with E-state index < -0.39 is 18.2 Å². The highest BCUT2D eigenvalue weighted by atomic mass is 19.4. The molecule has 5 nitrogen and oxygen atoms in total. The minimum atomic E-state index is -4.70. The van der Waals surface area contributed by atoms with Crippen LogP contribution in [0.2, 0.25) is 0 Å². The summed E-state index contributed by atoms with van der Waals surface area (Å²) in [5.41, 5.74) is 0. The van der Waals surface area contributed by atoms with E-state index in [9.17, 15) is 18.0 Å². The highest BCUT2D eigenvalue weighted by Gasteiger charge is 2.46. The highest BCUT2D eigenvalue weighted by Crippen LogP contribution is 2.35. The maximum absolute atomic E-state index is 13.0. The molecule has 0 N–H and O–H groups in total. The molecule has 1 aliphatic heterocycles. The van der Waals surface area contributed by atoms with Crippen LogP contribution in [0.3, 0.4) is 0 Å². The number of carbonyl (C=O) groups is 1. The first-order valence-electron chi connectivity index (χ1n) is 6.73. The zero-order chi connectivity index (χ0) is 15.5.